The lowest BCUT2D eigenvalue weighted by molar-refractivity contribution is 0.000548. The molecule has 2 saturated heterocycles. The van der Waals surface area contributed by atoms with Gasteiger partial charge in [0.2, 0.25) is 0 Å². The molecule has 4 heterocycles. The van der Waals surface area contributed by atoms with Crippen molar-refractivity contribution in [2.45, 2.75) is 98.1 Å². The summed E-state index contributed by atoms with van der Waals surface area (Å²) in [5.74, 6) is 0.502. The van der Waals surface area contributed by atoms with E-state index in [1.165, 1.54) is 12.3 Å². The zero-order chi connectivity index (χ0) is 42.8. The third-order valence-corrected chi connectivity index (χ3v) is 10.7. The summed E-state index contributed by atoms with van der Waals surface area (Å²) in [5, 5.41) is 21.7. The Morgan fingerprint density at radius 3 is 2.48 bits per heavy atom. The normalized spacial score (nSPS) is 16.2. The Bertz CT molecular complexity index is 2140. The molecule has 2 aromatic carbocycles. The highest BCUT2D eigenvalue weighted by Gasteiger charge is 2.31. The fraction of sp³-hybridized carbons (Fsp3) is 0.457. The van der Waals surface area contributed by atoms with E-state index in [-0.39, 0.29) is 42.1 Å². The molecular weight excluding hydrogens is 762 g/mol. The quantitative estimate of drug-likeness (QED) is 0.0749. The van der Waals surface area contributed by atoms with Crippen LogP contribution in [-0.4, -0.2) is 95.1 Å². The highest BCUT2D eigenvalue weighted by Crippen LogP contribution is 2.32. The van der Waals surface area contributed by atoms with Crippen LogP contribution in [0, 0.1) is 11.2 Å². The van der Waals surface area contributed by atoms with Crippen molar-refractivity contribution in [1.82, 2.24) is 25.1 Å². The molecule has 2 amide bonds. The number of hydrogen-bond acceptors (Lipinski definition) is 11. The SMILES string of the molecule is CCNc1nc(CC)c(CNc2cccc(C(=O)NCc3ccc(F)c(-c4cccc(CN5CCN(C(=O)OC(C)(C)C)[C@H](C)C5)c4)c3)n2)c(NC2CCOCC2)c1C=N. The fourth-order valence-corrected chi connectivity index (χ4v) is 7.70. The van der Waals surface area contributed by atoms with E-state index in [9.17, 15) is 9.59 Å². The average molecular weight is 822 g/mol. The van der Waals surface area contributed by atoms with Crippen molar-refractivity contribution in [1.29, 1.82) is 5.41 Å². The van der Waals surface area contributed by atoms with Crippen molar-refractivity contribution < 1.29 is 23.5 Å². The summed E-state index contributed by atoms with van der Waals surface area (Å²) in [6.07, 6.45) is 3.49. The lowest BCUT2D eigenvalue weighted by Gasteiger charge is -2.40. The van der Waals surface area contributed by atoms with E-state index in [1.54, 1.807) is 29.2 Å². The van der Waals surface area contributed by atoms with Crippen LogP contribution >= 0.6 is 0 Å². The van der Waals surface area contributed by atoms with Crippen LogP contribution in [0.25, 0.3) is 11.1 Å². The smallest absolute Gasteiger partial charge is 0.410 e. The largest absolute Gasteiger partial charge is 0.444 e. The number of amides is 2. The number of aromatic nitrogens is 2. The first-order chi connectivity index (χ1) is 28.8. The molecule has 60 heavy (non-hydrogen) atoms. The average Bonchev–Trinajstić information content (AvgIpc) is 3.22. The molecule has 0 spiro atoms. The topological polar surface area (TPSA) is 157 Å². The minimum Gasteiger partial charge on any atom is -0.444 e. The first kappa shape index (κ1) is 44.0. The lowest BCUT2D eigenvalue weighted by Crippen LogP contribution is -2.54. The van der Waals surface area contributed by atoms with Crippen molar-refractivity contribution in [3.05, 3.63) is 100 Å². The second kappa shape index (κ2) is 20.1. The van der Waals surface area contributed by atoms with E-state index in [2.05, 4.69) is 38.1 Å². The Hall–Kier alpha value is -5.60. The molecule has 0 saturated carbocycles. The summed E-state index contributed by atoms with van der Waals surface area (Å²) in [7, 11) is 0. The van der Waals surface area contributed by atoms with Crippen LogP contribution in [-0.2, 0) is 35.5 Å². The van der Waals surface area contributed by atoms with Gasteiger partial charge in [-0.05, 0) is 101 Å². The summed E-state index contributed by atoms with van der Waals surface area (Å²) in [6.45, 7) is 17.0. The van der Waals surface area contributed by atoms with Gasteiger partial charge in [-0.1, -0.05) is 37.3 Å². The van der Waals surface area contributed by atoms with E-state index < -0.39 is 5.60 Å². The van der Waals surface area contributed by atoms with Gasteiger partial charge in [0.1, 0.15) is 28.7 Å². The van der Waals surface area contributed by atoms with E-state index in [0.717, 1.165) is 46.5 Å². The van der Waals surface area contributed by atoms with E-state index in [4.69, 9.17) is 19.9 Å². The number of pyridine rings is 2. The van der Waals surface area contributed by atoms with Crippen LogP contribution in [0.3, 0.4) is 0 Å². The second-order valence-electron chi connectivity index (χ2n) is 16.5. The number of hydrogen-bond donors (Lipinski definition) is 5. The number of anilines is 3. The van der Waals surface area contributed by atoms with E-state index >= 15 is 4.39 Å². The number of benzene rings is 2. The van der Waals surface area contributed by atoms with Gasteiger partial charge in [-0.25, -0.2) is 19.2 Å². The first-order valence-corrected chi connectivity index (χ1v) is 21.1. The summed E-state index contributed by atoms with van der Waals surface area (Å²) >= 11 is 0. The Morgan fingerprint density at radius 1 is 0.983 bits per heavy atom. The molecule has 0 unspecified atom stereocenters. The zero-order valence-corrected chi connectivity index (χ0v) is 35.8. The Labute approximate surface area is 353 Å². The predicted octanol–water partition coefficient (Wildman–Crippen LogP) is 7.85. The van der Waals surface area contributed by atoms with Gasteiger partial charge in [-0.3, -0.25) is 9.69 Å². The van der Waals surface area contributed by atoms with Gasteiger partial charge in [0.25, 0.3) is 5.91 Å². The molecule has 2 aliphatic heterocycles. The van der Waals surface area contributed by atoms with E-state index in [0.29, 0.717) is 81.7 Å². The van der Waals surface area contributed by atoms with Gasteiger partial charge >= 0.3 is 6.09 Å². The number of carbonyl (C=O) groups is 2. The van der Waals surface area contributed by atoms with Crippen LogP contribution in [0.5, 0.6) is 0 Å². The summed E-state index contributed by atoms with van der Waals surface area (Å²) in [4.78, 5) is 39.8. The minimum absolute atomic E-state index is 0.00682. The molecule has 13 nitrogen and oxygen atoms in total. The van der Waals surface area contributed by atoms with Crippen molar-refractivity contribution in [2.75, 3.05) is 55.3 Å². The Kier molecular flexibility index (Phi) is 14.7. The highest BCUT2D eigenvalue weighted by molar-refractivity contribution is 5.94. The standard InChI is InChI=1S/C46H60FN9O4/c1-7-39-37(42(52-34-17-21-59-22-18-34)36(25-48)43(54-39)49-8-2)27-50-41-14-10-13-40(53-41)44(57)51-26-31-15-16-38(47)35(24-31)33-12-9-11-32(23-33)29-55-19-20-56(30(3)28-55)45(58)60-46(4,5)6/h9-16,23-25,30,34,48H,7-8,17-22,26-29H2,1-6H3,(H,50,53)(H,51,57)(H2,49,52,54)/t30-/m1/s1. The molecule has 4 aromatic rings. The number of nitrogens with zero attached hydrogens (tertiary/aromatic N) is 4. The molecule has 0 aliphatic carbocycles. The number of halogens is 1. The van der Waals surface area contributed by atoms with E-state index in [1.807, 2.05) is 65.0 Å². The van der Waals surface area contributed by atoms with Gasteiger partial charge in [0, 0.05) is 94.1 Å². The first-order valence-electron chi connectivity index (χ1n) is 21.1. The van der Waals surface area contributed by atoms with Gasteiger partial charge in [-0.2, -0.15) is 0 Å². The van der Waals surface area contributed by atoms with Gasteiger partial charge < -0.3 is 41.1 Å². The summed E-state index contributed by atoms with van der Waals surface area (Å²) < 4.78 is 26.5. The Morgan fingerprint density at radius 2 is 1.77 bits per heavy atom. The highest BCUT2D eigenvalue weighted by atomic mass is 19.1. The Balaban J connectivity index is 1.09. The third kappa shape index (κ3) is 11.4. The molecule has 1 atom stereocenters. The number of rotatable bonds is 15. The molecule has 14 heteroatoms. The second-order valence-corrected chi connectivity index (χ2v) is 16.5. The molecule has 6 rings (SSSR count). The lowest BCUT2D eigenvalue weighted by atomic mass is 10.00. The summed E-state index contributed by atoms with van der Waals surface area (Å²) in [5.41, 5.74) is 6.11. The monoisotopic (exact) mass is 821 g/mol. The van der Waals surface area contributed by atoms with Crippen molar-refractivity contribution in [3.63, 3.8) is 0 Å². The van der Waals surface area contributed by atoms with Crippen molar-refractivity contribution in [2.24, 2.45) is 0 Å². The van der Waals surface area contributed by atoms with Crippen LogP contribution in [0.4, 0.5) is 26.5 Å². The maximum atomic E-state index is 15.3. The third-order valence-electron chi connectivity index (χ3n) is 10.7. The molecule has 0 bridgehead atoms. The molecule has 0 radical (unpaired) electrons. The fourth-order valence-electron chi connectivity index (χ4n) is 7.70. The van der Waals surface area contributed by atoms with Gasteiger partial charge in [0.05, 0.1) is 11.3 Å². The molecule has 320 valence electrons. The van der Waals surface area contributed by atoms with Crippen LogP contribution in [0.1, 0.15) is 92.8 Å². The van der Waals surface area contributed by atoms with Crippen LogP contribution < -0.4 is 21.3 Å². The number of aryl methyl sites for hydroxylation is 1. The molecular formula is C46H60FN9O4. The molecule has 2 fully saturated rings. The van der Waals surface area contributed by atoms with Crippen molar-refractivity contribution in [3.8, 4) is 11.1 Å². The number of nitrogens with one attached hydrogen (secondary N) is 5. The van der Waals surface area contributed by atoms with Gasteiger partial charge in [-0.15, -0.1) is 0 Å². The van der Waals surface area contributed by atoms with Gasteiger partial charge in [0.15, 0.2) is 0 Å². The molecule has 2 aromatic heterocycles. The summed E-state index contributed by atoms with van der Waals surface area (Å²) in [6, 6.07) is 18.2. The maximum Gasteiger partial charge on any atom is 0.410 e. The molecule has 5 N–H and O–H groups in total. The minimum atomic E-state index is -0.548. The van der Waals surface area contributed by atoms with Crippen molar-refractivity contribution >= 4 is 35.5 Å². The van der Waals surface area contributed by atoms with Crippen LogP contribution in [0.15, 0.2) is 60.7 Å². The number of piperazine rings is 1. The number of carbonyl (C=O) groups excluding carboxylic acids is 2. The predicted molar refractivity (Wildman–Crippen MR) is 235 cm³/mol. The molecule has 2 aliphatic rings. The zero-order valence-electron chi connectivity index (χ0n) is 35.8. The number of ether oxygens (including phenoxy) is 2. The maximum absolute atomic E-state index is 15.3. The van der Waals surface area contributed by atoms with Crippen LogP contribution in [0.2, 0.25) is 0 Å².